The van der Waals surface area contributed by atoms with Crippen molar-refractivity contribution in [2.45, 2.75) is 32.2 Å². The predicted molar refractivity (Wildman–Crippen MR) is 121 cm³/mol. The highest BCUT2D eigenvalue weighted by atomic mass is 28.4. The number of carbonyl (C=O) groups is 1. The molecule has 0 spiro atoms. The number of ether oxygens (including phenoxy) is 1. The van der Waals surface area contributed by atoms with E-state index in [1.807, 2.05) is 12.1 Å². The molecule has 1 heterocycles. The fraction of sp³-hybridized carbons (Fsp3) is 0.292. The molecule has 0 aliphatic carbocycles. The molecule has 0 radical (unpaired) electrons. The summed E-state index contributed by atoms with van der Waals surface area (Å²) in [4.78, 5) is 20.2. The molecule has 0 saturated carbocycles. The summed E-state index contributed by atoms with van der Waals surface area (Å²) in [6.07, 6.45) is 3.56. The Kier molecular flexibility index (Phi) is 6.79. The van der Waals surface area contributed by atoms with E-state index in [0.717, 1.165) is 0 Å². The van der Waals surface area contributed by atoms with Crippen LogP contribution in [0.1, 0.15) is 37.0 Å². The van der Waals surface area contributed by atoms with Gasteiger partial charge in [0.05, 0.1) is 12.7 Å². The second kappa shape index (κ2) is 9.32. The average Bonchev–Trinajstić information content (AvgIpc) is 2.77. The second-order valence-electron chi connectivity index (χ2n) is 8.14. The van der Waals surface area contributed by atoms with Crippen LogP contribution in [-0.4, -0.2) is 38.0 Å². The largest absolute Gasteiger partial charge is 0.465 e. The van der Waals surface area contributed by atoms with Crippen molar-refractivity contribution in [2.24, 2.45) is 0 Å². The van der Waals surface area contributed by atoms with E-state index in [1.165, 1.54) is 29.9 Å². The molecular weight excluding hydrogens is 392 g/mol. The van der Waals surface area contributed by atoms with Crippen LogP contribution in [0.3, 0.4) is 0 Å². The van der Waals surface area contributed by atoms with Gasteiger partial charge in [0.15, 0.2) is 0 Å². The molecule has 30 heavy (non-hydrogen) atoms. The molecule has 0 aliphatic heterocycles. The van der Waals surface area contributed by atoms with Crippen LogP contribution in [0.5, 0.6) is 0 Å². The summed E-state index contributed by atoms with van der Waals surface area (Å²) in [6, 6.07) is 21.1. The molecular formula is C24H28N2O3Si. The Balaban J connectivity index is 1.89. The SMILES string of the molecule is COC(=O)c1cnc(CCO[Si](c2ccccc2)(c2ccccc2)C(C)(C)C)nc1. The highest BCUT2D eigenvalue weighted by Gasteiger charge is 2.49. The van der Waals surface area contributed by atoms with Gasteiger partial charge in [-0.15, -0.1) is 0 Å². The Labute approximate surface area is 179 Å². The van der Waals surface area contributed by atoms with Crippen molar-refractivity contribution in [3.05, 3.63) is 84.4 Å². The van der Waals surface area contributed by atoms with Gasteiger partial charge in [0.2, 0.25) is 0 Å². The standard InChI is InChI=1S/C24H28N2O3Si/c1-24(2,3)30(20-11-7-5-8-12-20,21-13-9-6-10-14-21)29-16-15-22-25-17-19(18-26-22)23(27)28-4/h5-14,17-18H,15-16H2,1-4H3. The first-order valence-electron chi connectivity index (χ1n) is 10.0. The molecule has 0 saturated heterocycles. The van der Waals surface area contributed by atoms with Gasteiger partial charge in [0, 0.05) is 25.4 Å². The number of esters is 1. The monoisotopic (exact) mass is 420 g/mol. The van der Waals surface area contributed by atoms with E-state index in [1.54, 1.807) is 0 Å². The van der Waals surface area contributed by atoms with Crippen molar-refractivity contribution < 1.29 is 14.0 Å². The lowest BCUT2D eigenvalue weighted by molar-refractivity contribution is 0.0599. The van der Waals surface area contributed by atoms with E-state index in [0.29, 0.717) is 24.4 Å². The third-order valence-electron chi connectivity index (χ3n) is 5.19. The van der Waals surface area contributed by atoms with Crippen molar-refractivity contribution in [3.63, 3.8) is 0 Å². The molecule has 0 atom stereocenters. The van der Waals surface area contributed by atoms with Gasteiger partial charge in [-0.2, -0.15) is 0 Å². The fourth-order valence-electron chi connectivity index (χ4n) is 3.76. The van der Waals surface area contributed by atoms with Gasteiger partial charge in [0.25, 0.3) is 8.32 Å². The molecule has 0 unspecified atom stereocenters. The van der Waals surface area contributed by atoms with Gasteiger partial charge in [-0.25, -0.2) is 14.8 Å². The Morgan fingerprint density at radius 3 is 1.83 bits per heavy atom. The van der Waals surface area contributed by atoms with Gasteiger partial charge in [-0.05, 0) is 15.4 Å². The van der Waals surface area contributed by atoms with Crippen LogP contribution >= 0.6 is 0 Å². The summed E-state index contributed by atoms with van der Waals surface area (Å²) in [5.74, 6) is 0.200. The normalized spacial score (nSPS) is 11.9. The summed E-state index contributed by atoms with van der Waals surface area (Å²) in [5, 5.41) is 2.40. The summed E-state index contributed by atoms with van der Waals surface area (Å²) in [7, 11) is -1.23. The molecule has 0 bridgehead atoms. The molecule has 0 amide bonds. The van der Waals surface area contributed by atoms with Crippen molar-refractivity contribution in [3.8, 4) is 0 Å². The minimum absolute atomic E-state index is 0.0781. The molecule has 3 aromatic rings. The van der Waals surface area contributed by atoms with Crippen LogP contribution in [0.15, 0.2) is 73.1 Å². The van der Waals surface area contributed by atoms with Crippen LogP contribution in [0.2, 0.25) is 5.04 Å². The Bertz CT molecular complexity index is 916. The quantitative estimate of drug-likeness (QED) is 0.433. The zero-order valence-electron chi connectivity index (χ0n) is 18.0. The summed E-state index contributed by atoms with van der Waals surface area (Å²) >= 11 is 0. The number of methoxy groups -OCH3 is 1. The van der Waals surface area contributed by atoms with Crippen molar-refractivity contribution in [1.29, 1.82) is 0 Å². The van der Waals surface area contributed by atoms with Crippen LogP contribution in [0.25, 0.3) is 0 Å². The van der Waals surface area contributed by atoms with E-state index in [-0.39, 0.29) is 5.04 Å². The van der Waals surface area contributed by atoms with Crippen molar-refractivity contribution in [2.75, 3.05) is 13.7 Å². The topological polar surface area (TPSA) is 61.3 Å². The van der Waals surface area contributed by atoms with Crippen LogP contribution in [0, 0.1) is 0 Å². The minimum atomic E-state index is -2.57. The molecule has 6 heteroatoms. The maximum Gasteiger partial charge on any atom is 0.341 e. The zero-order chi connectivity index (χ0) is 21.6. The fourth-order valence-corrected chi connectivity index (χ4v) is 8.33. The van der Waals surface area contributed by atoms with E-state index < -0.39 is 14.3 Å². The third kappa shape index (κ3) is 4.50. The maximum atomic E-state index is 11.6. The maximum absolute atomic E-state index is 11.6. The van der Waals surface area contributed by atoms with E-state index in [2.05, 4.69) is 79.3 Å². The zero-order valence-corrected chi connectivity index (χ0v) is 19.0. The van der Waals surface area contributed by atoms with E-state index in [9.17, 15) is 4.79 Å². The Morgan fingerprint density at radius 1 is 0.900 bits per heavy atom. The minimum Gasteiger partial charge on any atom is -0.465 e. The summed E-state index contributed by atoms with van der Waals surface area (Å²) in [6.45, 7) is 7.24. The lowest BCUT2D eigenvalue weighted by atomic mass is 10.2. The van der Waals surface area contributed by atoms with Crippen LogP contribution in [-0.2, 0) is 15.6 Å². The van der Waals surface area contributed by atoms with Gasteiger partial charge in [-0.1, -0.05) is 81.4 Å². The molecule has 1 aromatic heterocycles. The Hall–Kier alpha value is -2.83. The highest BCUT2D eigenvalue weighted by Crippen LogP contribution is 2.36. The number of hydrogen-bond donors (Lipinski definition) is 0. The number of rotatable bonds is 7. The number of benzene rings is 2. The molecule has 5 nitrogen and oxygen atoms in total. The summed E-state index contributed by atoms with van der Waals surface area (Å²) in [5.41, 5.74) is 0.342. The molecule has 2 aromatic carbocycles. The first-order chi connectivity index (χ1) is 14.4. The lowest BCUT2D eigenvalue weighted by Gasteiger charge is -2.43. The third-order valence-corrected chi connectivity index (χ3v) is 10.2. The predicted octanol–water partition coefficient (Wildman–Crippen LogP) is 3.38. The van der Waals surface area contributed by atoms with Crippen molar-refractivity contribution in [1.82, 2.24) is 9.97 Å². The smallest absolute Gasteiger partial charge is 0.341 e. The number of aromatic nitrogens is 2. The second-order valence-corrected chi connectivity index (χ2v) is 12.4. The molecule has 0 fully saturated rings. The Morgan fingerprint density at radius 2 is 1.40 bits per heavy atom. The van der Waals surface area contributed by atoms with Crippen LogP contribution < -0.4 is 10.4 Å². The lowest BCUT2D eigenvalue weighted by Crippen LogP contribution is -2.66. The summed E-state index contributed by atoms with van der Waals surface area (Å²) < 4.78 is 11.5. The molecule has 3 rings (SSSR count). The first-order valence-corrected chi connectivity index (χ1v) is 11.9. The van der Waals surface area contributed by atoms with Crippen LogP contribution in [0.4, 0.5) is 0 Å². The number of nitrogens with zero attached hydrogens (tertiary/aromatic N) is 2. The first kappa shape index (κ1) is 21.9. The number of hydrogen-bond acceptors (Lipinski definition) is 5. The molecule has 0 aliphatic rings. The van der Waals surface area contributed by atoms with Gasteiger partial charge >= 0.3 is 5.97 Å². The molecule has 156 valence electrons. The van der Waals surface area contributed by atoms with Gasteiger partial charge < -0.3 is 9.16 Å². The highest BCUT2D eigenvalue weighted by molar-refractivity contribution is 6.99. The average molecular weight is 421 g/mol. The van der Waals surface area contributed by atoms with Gasteiger partial charge in [0.1, 0.15) is 5.82 Å². The number of carbonyl (C=O) groups excluding carboxylic acids is 1. The molecule has 0 N–H and O–H groups in total. The van der Waals surface area contributed by atoms with Gasteiger partial charge in [-0.3, -0.25) is 0 Å². The van der Waals surface area contributed by atoms with E-state index in [4.69, 9.17) is 9.16 Å². The van der Waals surface area contributed by atoms with E-state index >= 15 is 0 Å². The van der Waals surface area contributed by atoms with Crippen molar-refractivity contribution >= 4 is 24.7 Å².